The van der Waals surface area contributed by atoms with Gasteiger partial charge in [-0.25, -0.2) is 10.0 Å². The molecule has 3 nitrogen and oxygen atoms in total. The van der Waals surface area contributed by atoms with Crippen LogP contribution in [0.5, 0.6) is 0 Å². The maximum absolute atomic E-state index is 13.4. The van der Waals surface area contributed by atoms with Crippen LogP contribution in [-0.2, 0) is 10.2 Å². The maximum Gasteiger partial charge on any atom is 0.256 e. The molecule has 0 aliphatic carbocycles. The molecule has 114 valence electrons. The van der Waals surface area contributed by atoms with Crippen LogP contribution in [0.3, 0.4) is 0 Å². The zero-order valence-electron chi connectivity index (χ0n) is 13.4. The van der Waals surface area contributed by atoms with Gasteiger partial charge in [0, 0.05) is 14.1 Å². The fraction of sp³-hybridized carbons (Fsp3) is 0.316. The first-order chi connectivity index (χ1) is 10.6. The Balaban J connectivity index is 2.29. The van der Waals surface area contributed by atoms with Gasteiger partial charge in [0.1, 0.15) is 5.41 Å². The minimum Gasteiger partial charge on any atom is -0.272 e. The van der Waals surface area contributed by atoms with Crippen LogP contribution in [0.25, 0.3) is 0 Å². The van der Waals surface area contributed by atoms with Gasteiger partial charge in [-0.15, -0.1) is 0 Å². The highest BCUT2D eigenvalue weighted by atomic mass is 16.2. The summed E-state index contributed by atoms with van der Waals surface area (Å²) >= 11 is 0. The van der Waals surface area contributed by atoms with Crippen LogP contribution >= 0.6 is 0 Å². The Hall–Kier alpha value is -2.13. The smallest absolute Gasteiger partial charge is 0.256 e. The van der Waals surface area contributed by atoms with E-state index in [0.29, 0.717) is 0 Å². The third-order valence-electron chi connectivity index (χ3n) is 4.44. The van der Waals surface area contributed by atoms with Crippen LogP contribution in [0.15, 0.2) is 54.6 Å². The van der Waals surface area contributed by atoms with Gasteiger partial charge in [0.25, 0.3) is 5.91 Å². The quantitative estimate of drug-likeness (QED) is 0.860. The van der Waals surface area contributed by atoms with Crippen molar-refractivity contribution in [2.24, 2.45) is 0 Å². The second-order valence-electron chi connectivity index (χ2n) is 6.00. The first-order valence-corrected chi connectivity index (χ1v) is 7.79. The number of amides is 1. The van der Waals surface area contributed by atoms with Gasteiger partial charge in [0.05, 0.1) is 5.69 Å². The molecule has 2 aromatic rings. The number of hydrazine groups is 1. The summed E-state index contributed by atoms with van der Waals surface area (Å²) in [4.78, 5) is 13.4. The van der Waals surface area contributed by atoms with Crippen molar-refractivity contribution in [3.05, 3.63) is 65.7 Å². The largest absolute Gasteiger partial charge is 0.272 e. The molecular weight excluding hydrogens is 272 g/mol. The van der Waals surface area contributed by atoms with Crippen molar-refractivity contribution >= 4 is 11.6 Å². The Labute approximate surface area is 132 Å². The number of hydrogen-bond acceptors (Lipinski definition) is 2. The van der Waals surface area contributed by atoms with Crippen molar-refractivity contribution < 1.29 is 4.79 Å². The second kappa shape index (κ2) is 5.58. The fourth-order valence-corrected chi connectivity index (χ4v) is 3.58. The molecular formula is C19H22N2O. The molecule has 0 fully saturated rings. The average molecular weight is 294 g/mol. The Bertz CT molecular complexity index is 681. The molecule has 0 radical (unpaired) electrons. The summed E-state index contributed by atoms with van der Waals surface area (Å²) in [6.45, 7) is 2.14. The summed E-state index contributed by atoms with van der Waals surface area (Å²) < 4.78 is 0. The van der Waals surface area contributed by atoms with E-state index in [1.54, 1.807) is 5.01 Å². The van der Waals surface area contributed by atoms with E-state index < -0.39 is 5.41 Å². The van der Waals surface area contributed by atoms with Crippen LogP contribution in [-0.4, -0.2) is 25.0 Å². The van der Waals surface area contributed by atoms with Gasteiger partial charge in [-0.3, -0.25) is 4.79 Å². The SMILES string of the molecule is CCCC1(c2ccccc2)C(=O)N(N(C)C)c2ccccc21. The Morgan fingerprint density at radius 3 is 2.27 bits per heavy atom. The molecule has 3 rings (SSSR count). The predicted molar refractivity (Wildman–Crippen MR) is 89.7 cm³/mol. The number of fused-ring (bicyclic) bond motifs is 1. The summed E-state index contributed by atoms with van der Waals surface area (Å²) in [6.07, 6.45) is 1.77. The standard InChI is InChI=1S/C19H22N2O/c1-4-14-19(15-10-6-5-7-11-15)16-12-8-9-13-17(16)21(18(19)22)20(2)3/h5-13H,4,14H2,1-3H3. The lowest BCUT2D eigenvalue weighted by atomic mass is 9.72. The number of nitrogens with zero attached hydrogens (tertiary/aromatic N) is 2. The highest BCUT2D eigenvalue weighted by Gasteiger charge is 2.52. The molecule has 1 amide bonds. The molecule has 3 heteroatoms. The molecule has 0 aromatic heterocycles. The van der Waals surface area contributed by atoms with Crippen molar-refractivity contribution in [3.8, 4) is 0 Å². The Kier molecular flexibility index (Phi) is 3.75. The van der Waals surface area contributed by atoms with Crippen LogP contribution in [0.1, 0.15) is 30.9 Å². The van der Waals surface area contributed by atoms with Gasteiger partial charge < -0.3 is 0 Å². The van der Waals surface area contributed by atoms with Crippen LogP contribution < -0.4 is 5.01 Å². The number of carbonyl (C=O) groups is 1. The van der Waals surface area contributed by atoms with Crippen molar-refractivity contribution in [3.63, 3.8) is 0 Å². The number of para-hydroxylation sites is 1. The van der Waals surface area contributed by atoms with E-state index in [1.165, 1.54) is 0 Å². The highest BCUT2D eigenvalue weighted by Crippen LogP contribution is 2.48. The first-order valence-electron chi connectivity index (χ1n) is 7.79. The minimum atomic E-state index is -0.573. The minimum absolute atomic E-state index is 0.145. The Morgan fingerprint density at radius 1 is 1.00 bits per heavy atom. The lowest BCUT2D eigenvalue weighted by Crippen LogP contribution is -2.47. The third-order valence-corrected chi connectivity index (χ3v) is 4.44. The topological polar surface area (TPSA) is 23.6 Å². The lowest BCUT2D eigenvalue weighted by molar-refractivity contribution is -0.124. The number of carbonyl (C=O) groups excluding carboxylic acids is 1. The zero-order valence-corrected chi connectivity index (χ0v) is 13.4. The van der Waals surface area contributed by atoms with E-state index in [-0.39, 0.29) is 5.91 Å². The van der Waals surface area contributed by atoms with Crippen LogP contribution in [0, 0.1) is 0 Å². The normalized spacial score (nSPS) is 20.5. The van der Waals surface area contributed by atoms with Crippen molar-refractivity contribution in [2.75, 3.05) is 19.1 Å². The fourth-order valence-electron chi connectivity index (χ4n) is 3.58. The van der Waals surface area contributed by atoms with Crippen LogP contribution in [0.2, 0.25) is 0 Å². The van der Waals surface area contributed by atoms with E-state index in [1.807, 2.05) is 55.5 Å². The molecule has 1 unspecified atom stereocenters. The molecule has 1 heterocycles. The van der Waals surface area contributed by atoms with E-state index in [0.717, 1.165) is 29.7 Å². The molecule has 1 atom stereocenters. The number of rotatable bonds is 4. The number of benzene rings is 2. The van der Waals surface area contributed by atoms with Gasteiger partial charge in [-0.2, -0.15) is 0 Å². The summed E-state index contributed by atoms with van der Waals surface area (Å²) in [6, 6.07) is 18.3. The molecule has 1 aliphatic heterocycles. The molecule has 0 spiro atoms. The lowest BCUT2D eigenvalue weighted by Gasteiger charge is -2.31. The molecule has 0 saturated heterocycles. The Morgan fingerprint density at radius 2 is 1.64 bits per heavy atom. The molecule has 0 saturated carbocycles. The molecule has 0 bridgehead atoms. The monoisotopic (exact) mass is 294 g/mol. The van der Waals surface area contributed by atoms with E-state index >= 15 is 0 Å². The summed E-state index contributed by atoms with van der Waals surface area (Å²) in [5.74, 6) is 0.145. The predicted octanol–water partition coefficient (Wildman–Crippen LogP) is 3.60. The van der Waals surface area contributed by atoms with Crippen molar-refractivity contribution in [1.82, 2.24) is 5.01 Å². The zero-order chi connectivity index (χ0) is 15.7. The number of anilines is 1. The average Bonchev–Trinajstić information content (AvgIpc) is 2.78. The van der Waals surface area contributed by atoms with Gasteiger partial charge in [-0.05, 0) is 23.6 Å². The molecule has 1 aliphatic rings. The third kappa shape index (κ3) is 1.97. The highest BCUT2D eigenvalue weighted by molar-refractivity contribution is 6.09. The molecule has 0 N–H and O–H groups in total. The molecule has 2 aromatic carbocycles. The second-order valence-corrected chi connectivity index (χ2v) is 6.00. The van der Waals surface area contributed by atoms with Gasteiger partial charge >= 0.3 is 0 Å². The van der Waals surface area contributed by atoms with Crippen molar-refractivity contribution in [2.45, 2.75) is 25.2 Å². The summed E-state index contributed by atoms with van der Waals surface area (Å²) in [7, 11) is 3.84. The first kappa shape index (κ1) is 14.8. The summed E-state index contributed by atoms with van der Waals surface area (Å²) in [5, 5.41) is 3.68. The van der Waals surface area contributed by atoms with E-state index in [9.17, 15) is 4.79 Å². The van der Waals surface area contributed by atoms with Crippen molar-refractivity contribution in [1.29, 1.82) is 0 Å². The maximum atomic E-state index is 13.4. The van der Waals surface area contributed by atoms with Gasteiger partial charge in [0.2, 0.25) is 0 Å². The van der Waals surface area contributed by atoms with Gasteiger partial charge in [-0.1, -0.05) is 61.9 Å². The molecule has 22 heavy (non-hydrogen) atoms. The van der Waals surface area contributed by atoms with E-state index in [2.05, 4.69) is 25.1 Å². The van der Waals surface area contributed by atoms with E-state index in [4.69, 9.17) is 0 Å². The summed E-state index contributed by atoms with van der Waals surface area (Å²) in [5.41, 5.74) is 2.62. The van der Waals surface area contributed by atoms with Crippen LogP contribution in [0.4, 0.5) is 5.69 Å². The van der Waals surface area contributed by atoms with Gasteiger partial charge in [0.15, 0.2) is 0 Å². The number of hydrogen-bond donors (Lipinski definition) is 0.